The normalized spacial score (nSPS) is 29.8. The molecule has 0 saturated heterocycles. The van der Waals surface area contributed by atoms with Crippen LogP contribution in [0.15, 0.2) is 11.8 Å². The Kier molecular flexibility index (Phi) is 3.17. The summed E-state index contributed by atoms with van der Waals surface area (Å²) >= 11 is 0. The number of carboxylic acid groups (broad SMARTS) is 1. The van der Waals surface area contributed by atoms with Gasteiger partial charge in [-0.2, -0.15) is 0 Å². The van der Waals surface area contributed by atoms with Crippen LogP contribution in [0.4, 0.5) is 0 Å². The number of allylic oxidation sites excluding steroid dienone is 1. The van der Waals surface area contributed by atoms with Gasteiger partial charge in [-0.05, 0) is 25.2 Å². The Bertz CT molecular complexity index is 322. The van der Waals surface area contributed by atoms with E-state index >= 15 is 0 Å². The first kappa shape index (κ1) is 11.8. The Hall–Kier alpha value is -1.32. The largest absolute Gasteiger partial charge is 0.477 e. The fraction of sp³-hybridized carbons (Fsp3) is 0.636. The van der Waals surface area contributed by atoms with Crippen LogP contribution in [0.3, 0.4) is 0 Å². The fourth-order valence-electron chi connectivity index (χ4n) is 1.68. The first-order valence-electron chi connectivity index (χ1n) is 5.15. The first-order chi connectivity index (χ1) is 6.94. The van der Waals surface area contributed by atoms with Crippen molar-refractivity contribution >= 4 is 11.9 Å². The molecule has 1 amide bonds. The van der Waals surface area contributed by atoms with Gasteiger partial charge < -0.3 is 10.4 Å². The van der Waals surface area contributed by atoms with E-state index in [4.69, 9.17) is 5.11 Å². The van der Waals surface area contributed by atoms with Gasteiger partial charge in [0, 0.05) is 5.92 Å². The smallest absolute Gasteiger partial charge is 0.352 e. The lowest BCUT2D eigenvalue weighted by Gasteiger charge is -2.08. The number of carbonyl (C=O) groups is 2. The summed E-state index contributed by atoms with van der Waals surface area (Å²) in [7, 11) is 0. The van der Waals surface area contributed by atoms with Gasteiger partial charge in [0.1, 0.15) is 5.70 Å². The Labute approximate surface area is 89.4 Å². The standard InChI is InChI=1S/C11H17NO3/c1-4-8(10(14)15)12-9(13)7-6-11(7,3)5-2/h4,7H,5-6H2,1-3H3,(H,12,13)(H,14,15)/b8-4-. The van der Waals surface area contributed by atoms with Crippen molar-refractivity contribution in [3.8, 4) is 0 Å². The van der Waals surface area contributed by atoms with Crippen LogP contribution in [-0.2, 0) is 9.59 Å². The third-order valence-electron chi connectivity index (χ3n) is 3.25. The first-order valence-corrected chi connectivity index (χ1v) is 5.15. The van der Waals surface area contributed by atoms with Gasteiger partial charge in [-0.3, -0.25) is 4.79 Å². The molecule has 2 N–H and O–H groups in total. The number of carbonyl (C=O) groups excluding carboxylic acids is 1. The summed E-state index contributed by atoms with van der Waals surface area (Å²) in [4.78, 5) is 22.3. The molecule has 0 radical (unpaired) electrons. The third-order valence-corrected chi connectivity index (χ3v) is 3.25. The molecule has 0 heterocycles. The maximum absolute atomic E-state index is 11.6. The number of aliphatic carboxylic acids is 1. The maximum atomic E-state index is 11.6. The molecule has 4 heteroatoms. The second-order valence-corrected chi connectivity index (χ2v) is 4.26. The summed E-state index contributed by atoms with van der Waals surface area (Å²) in [5.41, 5.74) is 0.0342. The quantitative estimate of drug-likeness (QED) is 0.693. The fourth-order valence-corrected chi connectivity index (χ4v) is 1.68. The Morgan fingerprint density at radius 1 is 1.60 bits per heavy atom. The maximum Gasteiger partial charge on any atom is 0.352 e. The molecule has 1 aliphatic rings. The van der Waals surface area contributed by atoms with Gasteiger partial charge in [0.15, 0.2) is 0 Å². The van der Waals surface area contributed by atoms with Crippen molar-refractivity contribution in [2.24, 2.45) is 11.3 Å². The Morgan fingerprint density at radius 3 is 2.53 bits per heavy atom. The Morgan fingerprint density at radius 2 is 2.20 bits per heavy atom. The van der Waals surface area contributed by atoms with E-state index in [0.29, 0.717) is 0 Å². The van der Waals surface area contributed by atoms with E-state index in [-0.39, 0.29) is 22.9 Å². The summed E-state index contributed by atoms with van der Waals surface area (Å²) in [6, 6.07) is 0. The zero-order chi connectivity index (χ0) is 11.6. The molecule has 0 spiro atoms. The van der Waals surface area contributed by atoms with Crippen LogP contribution in [0, 0.1) is 11.3 Å². The minimum atomic E-state index is -1.09. The van der Waals surface area contributed by atoms with E-state index in [1.54, 1.807) is 6.92 Å². The summed E-state index contributed by atoms with van der Waals surface area (Å²) in [6.07, 6.45) is 3.20. The summed E-state index contributed by atoms with van der Waals surface area (Å²) < 4.78 is 0. The van der Waals surface area contributed by atoms with E-state index < -0.39 is 5.97 Å². The van der Waals surface area contributed by atoms with E-state index in [2.05, 4.69) is 5.32 Å². The minimum Gasteiger partial charge on any atom is -0.477 e. The van der Waals surface area contributed by atoms with Crippen molar-refractivity contribution in [2.75, 3.05) is 0 Å². The molecule has 2 unspecified atom stereocenters. The number of rotatable bonds is 4. The number of nitrogens with one attached hydrogen (secondary N) is 1. The molecule has 0 bridgehead atoms. The second kappa shape index (κ2) is 4.04. The topological polar surface area (TPSA) is 66.4 Å². The molecule has 0 aliphatic heterocycles. The van der Waals surface area contributed by atoms with Crippen molar-refractivity contribution in [1.29, 1.82) is 0 Å². The van der Waals surface area contributed by atoms with Crippen LogP contribution in [-0.4, -0.2) is 17.0 Å². The lowest BCUT2D eigenvalue weighted by atomic mass is 10.0. The highest BCUT2D eigenvalue weighted by Crippen LogP contribution is 2.54. The predicted molar refractivity (Wildman–Crippen MR) is 56.0 cm³/mol. The van der Waals surface area contributed by atoms with Crippen LogP contribution in [0.2, 0.25) is 0 Å². The highest BCUT2D eigenvalue weighted by molar-refractivity contribution is 5.94. The number of amides is 1. The molecule has 0 aromatic rings. The average molecular weight is 211 g/mol. The van der Waals surface area contributed by atoms with Crippen LogP contribution in [0.1, 0.15) is 33.6 Å². The number of carboxylic acids is 1. The second-order valence-electron chi connectivity index (χ2n) is 4.26. The molecule has 1 rings (SSSR count). The molecular weight excluding hydrogens is 194 g/mol. The zero-order valence-corrected chi connectivity index (χ0v) is 9.33. The van der Waals surface area contributed by atoms with Gasteiger partial charge in [-0.1, -0.05) is 19.9 Å². The van der Waals surface area contributed by atoms with Crippen molar-refractivity contribution in [1.82, 2.24) is 5.32 Å². The van der Waals surface area contributed by atoms with E-state index in [1.807, 2.05) is 13.8 Å². The predicted octanol–water partition coefficient (Wildman–Crippen LogP) is 1.53. The molecule has 84 valence electrons. The van der Waals surface area contributed by atoms with E-state index in [1.165, 1.54) is 6.08 Å². The molecule has 2 atom stereocenters. The van der Waals surface area contributed by atoms with Crippen LogP contribution in [0.25, 0.3) is 0 Å². The van der Waals surface area contributed by atoms with Gasteiger partial charge >= 0.3 is 5.97 Å². The van der Waals surface area contributed by atoms with Gasteiger partial charge in [-0.15, -0.1) is 0 Å². The van der Waals surface area contributed by atoms with Crippen molar-refractivity contribution in [3.05, 3.63) is 11.8 Å². The number of hydrogen-bond donors (Lipinski definition) is 2. The van der Waals surface area contributed by atoms with E-state index in [9.17, 15) is 9.59 Å². The van der Waals surface area contributed by atoms with Crippen LogP contribution in [0.5, 0.6) is 0 Å². The van der Waals surface area contributed by atoms with Crippen LogP contribution >= 0.6 is 0 Å². The monoisotopic (exact) mass is 211 g/mol. The lowest BCUT2D eigenvalue weighted by Crippen LogP contribution is -2.29. The highest BCUT2D eigenvalue weighted by Gasteiger charge is 2.53. The summed E-state index contributed by atoms with van der Waals surface area (Å²) in [6.45, 7) is 5.68. The van der Waals surface area contributed by atoms with Gasteiger partial charge in [0.05, 0.1) is 0 Å². The molecule has 4 nitrogen and oxygen atoms in total. The SMILES string of the molecule is C/C=C(\NC(=O)C1CC1(C)CC)C(=O)O. The molecule has 1 saturated carbocycles. The van der Waals surface area contributed by atoms with Crippen molar-refractivity contribution < 1.29 is 14.7 Å². The molecule has 15 heavy (non-hydrogen) atoms. The molecule has 1 aliphatic carbocycles. The molecular formula is C11H17NO3. The number of hydrogen-bond acceptors (Lipinski definition) is 2. The summed E-state index contributed by atoms with van der Waals surface area (Å²) in [5, 5.41) is 11.2. The minimum absolute atomic E-state index is 0.0307. The molecule has 1 fully saturated rings. The van der Waals surface area contributed by atoms with E-state index in [0.717, 1.165) is 12.8 Å². The Balaban J connectivity index is 2.55. The van der Waals surface area contributed by atoms with Crippen molar-refractivity contribution in [2.45, 2.75) is 33.6 Å². The summed E-state index contributed by atoms with van der Waals surface area (Å²) in [5.74, 6) is -1.30. The molecule has 0 aromatic carbocycles. The van der Waals surface area contributed by atoms with Crippen molar-refractivity contribution in [3.63, 3.8) is 0 Å². The van der Waals surface area contributed by atoms with Gasteiger partial charge in [0.2, 0.25) is 5.91 Å². The zero-order valence-electron chi connectivity index (χ0n) is 9.33. The third kappa shape index (κ3) is 2.37. The molecule has 0 aromatic heterocycles. The van der Waals surface area contributed by atoms with Crippen LogP contribution < -0.4 is 5.32 Å². The lowest BCUT2D eigenvalue weighted by molar-refractivity contribution is -0.135. The average Bonchev–Trinajstić information content (AvgIpc) is 2.87. The van der Waals surface area contributed by atoms with Gasteiger partial charge in [0.25, 0.3) is 0 Å². The highest BCUT2D eigenvalue weighted by atomic mass is 16.4. The van der Waals surface area contributed by atoms with Gasteiger partial charge in [-0.25, -0.2) is 4.79 Å².